The number of piperidine rings is 2. The highest BCUT2D eigenvalue weighted by Gasteiger charge is 2.33. The highest BCUT2D eigenvalue weighted by molar-refractivity contribution is 6.02. The molecule has 1 atom stereocenters. The molecule has 2 aromatic carbocycles. The zero-order valence-electron chi connectivity index (χ0n) is 34.7. The summed E-state index contributed by atoms with van der Waals surface area (Å²) in [5, 5.41) is 14.9. The summed E-state index contributed by atoms with van der Waals surface area (Å²) >= 11 is 0. The molecule has 0 bridgehead atoms. The first-order valence-corrected chi connectivity index (χ1v) is 22.1. The first-order chi connectivity index (χ1) is 29.6. The lowest BCUT2D eigenvalue weighted by molar-refractivity contribution is -0.134. The number of benzene rings is 2. The van der Waals surface area contributed by atoms with Gasteiger partial charge in [0.15, 0.2) is 5.82 Å². The fourth-order valence-corrected chi connectivity index (χ4v) is 10.2. The van der Waals surface area contributed by atoms with Crippen molar-refractivity contribution in [2.24, 2.45) is 18.9 Å². The number of carbonyl (C=O) groups excluding carboxylic acids is 3. The summed E-state index contributed by atoms with van der Waals surface area (Å²) in [5.74, 6) is 0.313. The number of nitrogens with zero attached hydrogens (tertiary/aromatic N) is 6. The third-order valence-electron chi connectivity index (χ3n) is 13.6. The third kappa shape index (κ3) is 9.00. The summed E-state index contributed by atoms with van der Waals surface area (Å²) in [5.41, 5.74) is 4.28. The molecule has 2 saturated heterocycles. The molecule has 0 spiro atoms. The number of aromatic nitrogens is 5. The molecule has 3 aromatic heterocycles. The molecule has 5 heterocycles. The number of nitrogens with one attached hydrogen (secondary N) is 3. The molecule has 14 heteroatoms. The van der Waals surface area contributed by atoms with Gasteiger partial charge in [-0.1, -0.05) is 30.3 Å². The molecule has 13 nitrogen and oxygen atoms in total. The van der Waals surface area contributed by atoms with Gasteiger partial charge in [-0.25, -0.2) is 14.4 Å². The summed E-state index contributed by atoms with van der Waals surface area (Å²) in [6.07, 6.45) is 13.3. The molecule has 0 radical (unpaired) electrons. The number of carbonyl (C=O) groups is 3. The summed E-state index contributed by atoms with van der Waals surface area (Å²) in [6, 6.07) is 18.9. The van der Waals surface area contributed by atoms with E-state index >= 15 is 0 Å². The first kappa shape index (κ1) is 40.6. The maximum atomic E-state index is 15.0. The second-order valence-corrected chi connectivity index (χ2v) is 17.6. The van der Waals surface area contributed by atoms with Crippen molar-refractivity contribution in [1.29, 1.82) is 0 Å². The van der Waals surface area contributed by atoms with Gasteiger partial charge in [-0.15, -0.1) is 0 Å². The van der Waals surface area contributed by atoms with Crippen molar-refractivity contribution in [3.05, 3.63) is 100 Å². The Hall–Kier alpha value is -5.76. The molecule has 318 valence electrons. The van der Waals surface area contributed by atoms with Crippen molar-refractivity contribution in [3.8, 4) is 16.9 Å². The SMILES string of the molecule is Cn1nc(C2CCC(=O)NC2=O)c2ccc(C3CCN(CC4CCC(C(=O)NC5CCC(Nc6ncc(F)c(-c7cccc(-n8ccccc8=O)c7)n6)CC5)CC4)CC3)cc21. The number of likely N-dealkylation sites (tertiary alicyclic amines) is 1. The molecule has 2 saturated carbocycles. The van der Waals surface area contributed by atoms with Crippen LogP contribution in [0.4, 0.5) is 10.3 Å². The third-order valence-corrected chi connectivity index (χ3v) is 13.6. The molecule has 1 unspecified atom stereocenters. The average molecular weight is 828 g/mol. The van der Waals surface area contributed by atoms with Gasteiger partial charge < -0.3 is 15.5 Å². The molecule has 5 aromatic rings. The number of amides is 3. The lowest BCUT2D eigenvalue weighted by Gasteiger charge is -2.37. The molecule has 4 aliphatic rings. The van der Waals surface area contributed by atoms with Crippen molar-refractivity contribution in [1.82, 2.24) is 39.8 Å². The predicted molar refractivity (Wildman–Crippen MR) is 231 cm³/mol. The van der Waals surface area contributed by atoms with Crippen molar-refractivity contribution in [2.45, 2.75) is 101 Å². The lowest BCUT2D eigenvalue weighted by Crippen LogP contribution is -2.44. The number of anilines is 1. The van der Waals surface area contributed by atoms with Gasteiger partial charge in [0.2, 0.25) is 23.7 Å². The molecule has 2 aliphatic heterocycles. The quantitative estimate of drug-likeness (QED) is 0.136. The number of fused-ring (bicyclic) bond motifs is 1. The first-order valence-electron chi connectivity index (χ1n) is 22.1. The van der Waals surface area contributed by atoms with Gasteiger partial charge in [0.25, 0.3) is 5.56 Å². The zero-order valence-corrected chi connectivity index (χ0v) is 34.7. The number of halogens is 1. The Morgan fingerprint density at radius 2 is 1.66 bits per heavy atom. The van der Waals surface area contributed by atoms with E-state index in [0.29, 0.717) is 41.9 Å². The van der Waals surface area contributed by atoms with Gasteiger partial charge in [0.1, 0.15) is 5.69 Å². The van der Waals surface area contributed by atoms with Gasteiger partial charge in [0.05, 0.1) is 23.3 Å². The van der Waals surface area contributed by atoms with E-state index < -0.39 is 11.7 Å². The Balaban J connectivity index is 0.703. The minimum Gasteiger partial charge on any atom is -0.353 e. The molecular formula is C47H54FN9O4. The van der Waals surface area contributed by atoms with E-state index in [4.69, 9.17) is 5.10 Å². The lowest BCUT2D eigenvalue weighted by atomic mass is 9.80. The van der Waals surface area contributed by atoms with Crippen molar-refractivity contribution >= 4 is 34.6 Å². The minimum atomic E-state index is -0.536. The topological polar surface area (TPSA) is 156 Å². The molecule has 61 heavy (non-hydrogen) atoms. The average Bonchev–Trinajstić information content (AvgIpc) is 3.60. The second kappa shape index (κ2) is 17.7. The largest absolute Gasteiger partial charge is 0.353 e. The molecule has 3 amide bonds. The Labute approximate surface area is 354 Å². The van der Waals surface area contributed by atoms with Gasteiger partial charge >= 0.3 is 0 Å². The number of pyridine rings is 1. The van der Waals surface area contributed by atoms with Crippen LogP contribution in [0.2, 0.25) is 0 Å². The summed E-state index contributed by atoms with van der Waals surface area (Å²) < 4.78 is 18.4. The fourth-order valence-electron chi connectivity index (χ4n) is 10.2. The van der Waals surface area contributed by atoms with E-state index in [9.17, 15) is 23.6 Å². The summed E-state index contributed by atoms with van der Waals surface area (Å²) in [4.78, 5) is 61.4. The highest BCUT2D eigenvalue weighted by atomic mass is 19.1. The van der Waals surface area contributed by atoms with E-state index in [-0.39, 0.29) is 47.0 Å². The Morgan fingerprint density at radius 3 is 2.43 bits per heavy atom. The van der Waals surface area contributed by atoms with E-state index in [1.807, 2.05) is 11.7 Å². The number of imide groups is 1. The predicted octanol–water partition coefficient (Wildman–Crippen LogP) is 6.37. The molecule has 4 fully saturated rings. The van der Waals surface area contributed by atoms with E-state index in [1.165, 1.54) is 22.4 Å². The van der Waals surface area contributed by atoms with Crippen LogP contribution in [0.15, 0.2) is 77.9 Å². The minimum absolute atomic E-state index is 0.0697. The fraction of sp³-hybridized carbons (Fsp3) is 0.468. The molecule has 2 aliphatic carbocycles. The van der Waals surface area contributed by atoms with Gasteiger partial charge in [0, 0.05) is 66.9 Å². The number of rotatable bonds is 10. The van der Waals surface area contributed by atoms with E-state index in [0.717, 1.165) is 100 Å². The standard InChI is InChI=1S/C47H54FN9O4/c1-55-40-26-32(12-17-37(40)44(54-55)38-18-19-41(58)52-46(38)61)30-20-23-56(24-21-30)28-29-8-10-31(11-9-29)45(60)50-34-13-15-35(16-14-34)51-47-49-27-39(48)43(53-47)33-5-4-6-36(25-33)57-22-3-2-7-42(57)59/h2-7,12,17,22,25-27,29-31,34-35,38H,8-11,13-16,18-21,23-24,28H2,1H3,(H,50,60)(H,49,51,53)(H,52,58,61). The molecule has 3 N–H and O–H groups in total. The molecule has 9 rings (SSSR count). The van der Waals surface area contributed by atoms with Crippen molar-refractivity contribution in [2.75, 3.05) is 25.0 Å². The highest BCUT2D eigenvalue weighted by Crippen LogP contribution is 2.36. The maximum absolute atomic E-state index is 15.0. The molecular weight excluding hydrogens is 774 g/mol. The van der Waals surface area contributed by atoms with Crippen LogP contribution in [0.25, 0.3) is 27.8 Å². The van der Waals surface area contributed by atoms with Gasteiger partial charge in [-0.05, 0) is 125 Å². The van der Waals surface area contributed by atoms with Gasteiger partial charge in [-0.3, -0.25) is 33.7 Å². The summed E-state index contributed by atoms with van der Waals surface area (Å²) in [6.45, 7) is 3.22. The maximum Gasteiger partial charge on any atom is 0.255 e. The normalized spacial score (nSPS) is 24.1. The monoisotopic (exact) mass is 827 g/mol. The van der Waals surface area contributed by atoms with E-state index in [1.54, 1.807) is 42.6 Å². The Kier molecular flexibility index (Phi) is 11.8. The van der Waals surface area contributed by atoms with Crippen LogP contribution in [0.1, 0.15) is 100 Å². The Bertz CT molecular complexity index is 2480. The van der Waals surface area contributed by atoms with Gasteiger partial charge in [-0.2, -0.15) is 5.10 Å². The van der Waals surface area contributed by atoms with Crippen LogP contribution in [-0.4, -0.2) is 78.7 Å². The zero-order chi connectivity index (χ0) is 42.0. The van der Waals surface area contributed by atoms with Crippen molar-refractivity contribution in [3.63, 3.8) is 0 Å². The summed E-state index contributed by atoms with van der Waals surface area (Å²) in [7, 11) is 1.93. The Morgan fingerprint density at radius 1 is 0.869 bits per heavy atom. The smallest absolute Gasteiger partial charge is 0.255 e. The van der Waals surface area contributed by atoms with Crippen LogP contribution < -0.4 is 21.5 Å². The number of hydrogen-bond acceptors (Lipinski definition) is 9. The van der Waals surface area contributed by atoms with Crippen LogP contribution in [0.5, 0.6) is 0 Å². The van der Waals surface area contributed by atoms with Crippen molar-refractivity contribution < 1.29 is 18.8 Å². The van der Waals surface area contributed by atoms with Crippen LogP contribution in [0.3, 0.4) is 0 Å². The second-order valence-electron chi connectivity index (χ2n) is 17.6. The van der Waals surface area contributed by atoms with Crippen LogP contribution in [-0.2, 0) is 21.4 Å². The number of aryl methyl sites for hydroxylation is 1. The number of hydrogen-bond donors (Lipinski definition) is 3. The van der Waals surface area contributed by atoms with E-state index in [2.05, 4.69) is 49.0 Å². The van der Waals surface area contributed by atoms with Crippen LogP contribution in [0, 0.1) is 17.7 Å². The van der Waals surface area contributed by atoms with Crippen LogP contribution >= 0.6 is 0 Å².